The molecule has 0 saturated heterocycles. The van der Waals surface area contributed by atoms with Gasteiger partial charge in [0.25, 0.3) is 0 Å². The van der Waals surface area contributed by atoms with E-state index in [9.17, 15) is 4.79 Å². The SMILES string of the molecule is CCC(=O)Nc1nccnn1. The average molecular weight is 152 g/mol. The smallest absolute Gasteiger partial charge is 0.249 e. The Hall–Kier alpha value is -1.52. The summed E-state index contributed by atoms with van der Waals surface area (Å²) in [5.74, 6) is 0.136. The van der Waals surface area contributed by atoms with Gasteiger partial charge in [-0.25, -0.2) is 4.98 Å². The number of aromatic nitrogens is 3. The predicted molar refractivity (Wildman–Crippen MR) is 38.7 cm³/mol. The monoisotopic (exact) mass is 152 g/mol. The summed E-state index contributed by atoms with van der Waals surface area (Å²) >= 11 is 0. The first-order valence-electron chi connectivity index (χ1n) is 3.26. The topological polar surface area (TPSA) is 67.8 Å². The van der Waals surface area contributed by atoms with Crippen molar-refractivity contribution in [3.63, 3.8) is 0 Å². The molecule has 58 valence electrons. The van der Waals surface area contributed by atoms with Gasteiger partial charge in [-0.3, -0.25) is 10.1 Å². The number of hydrogen-bond acceptors (Lipinski definition) is 4. The van der Waals surface area contributed by atoms with E-state index in [2.05, 4.69) is 20.5 Å². The van der Waals surface area contributed by atoms with Gasteiger partial charge in [-0.2, -0.15) is 5.10 Å². The fourth-order valence-corrected chi connectivity index (χ4v) is 0.518. The minimum absolute atomic E-state index is 0.113. The highest BCUT2D eigenvalue weighted by Crippen LogP contribution is 1.92. The molecule has 1 amide bonds. The lowest BCUT2D eigenvalue weighted by Gasteiger charge is -1.97. The molecular weight excluding hydrogens is 144 g/mol. The Morgan fingerprint density at radius 1 is 1.64 bits per heavy atom. The van der Waals surface area contributed by atoms with Crippen molar-refractivity contribution in [3.8, 4) is 0 Å². The van der Waals surface area contributed by atoms with Gasteiger partial charge in [-0.15, -0.1) is 5.10 Å². The van der Waals surface area contributed by atoms with Crippen molar-refractivity contribution >= 4 is 11.9 Å². The maximum absolute atomic E-state index is 10.8. The number of hydrogen-bond donors (Lipinski definition) is 1. The van der Waals surface area contributed by atoms with E-state index >= 15 is 0 Å². The summed E-state index contributed by atoms with van der Waals surface area (Å²) in [4.78, 5) is 14.5. The second kappa shape index (κ2) is 3.60. The van der Waals surface area contributed by atoms with Gasteiger partial charge in [0.2, 0.25) is 11.9 Å². The number of anilines is 1. The summed E-state index contributed by atoms with van der Waals surface area (Å²) in [6, 6.07) is 0. The van der Waals surface area contributed by atoms with E-state index in [-0.39, 0.29) is 11.9 Å². The molecule has 1 heterocycles. The van der Waals surface area contributed by atoms with E-state index < -0.39 is 0 Å². The molecule has 0 aliphatic heterocycles. The van der Waals surface area contributed by atoms with Gasteiger partial charge >= 0.3 is 0 Å². The van der Waals surface area contributed by atoms with Crippen molar-refractivity contribution in [2.45, 2.75) is 13.3 Å². The number of carbonyl (C=O) groups is 1. The van der Waals surface area contributed by atoms with E-state index in [1.54, 1.807) is 6.92 Å². The molecule has 5 nitrogen and oxygen atoms in total. The van der Waals surface area contributed by atoms with Crippen molar-refractivity contribution in [2.24, 2.45) is 0 Å². The predicted octanol–water partition coefficient (Wildman–Crippen LogP) is 0.220. The molecule has 0 radical (unpaired) electrons. The van der Waals surface area contributed by atoms with Crippen LogP contribution in [0.5, 0.6) is 0 Å². The third-order valence-corrected chi connectivity index (χ3v) is 1.05. The molecule has 0 bridgehead atoms. The van der Waals surface area contributed by atoms with Gasteiger partial charge < -0.3 is 0 Å². The van der Waals surface area contributed by atoms with Crippen LogP contribution >= 0.6 is 0 Å². The first-order chi connectivity index (χ1) is 5.33. The highest BCUT2D eigenvalue weighted by Gasteiger charge is 1.98. The van der Waals surface area contributed by atoms with E-state index in [4.69, 9.17) is 0 Å². The molecule has 1 aromatic rings. The second-order valence-corrected chi connectivity index (χ2v) is 1.87. The van der Waals surface area contributed by atoms with E-state index in [0.717, 1.165) is 0 Å². The fraction of sp³-hybridized carbons (Fsp3) is 0.333. The molecule has 0 aliphatic rings. The molecule has 0 unspecified atom stereocenters. The largest absolute Gasteiger partial charge is 0.293 e. The van der Waals surface area contributed by atoms with Crippen molar-refractivity contribution in [1.29, 1.82) is 0 Å². The van der Waals surface area contributed by atoms with E-state index in [0.29, 0.717) is 6.42 Å². The molecule has 1 aromatic heterocycles. The Kier molecular flexibility index (Phi) is 2.48. The molecule has 0 aromatic carbocycles. The fourth-order valence-electron chi connectivity index (χ4n) is 0.518. The Morgan fingerprint density at radius 2 is 2.45 bits per heavy atom. The zero-order valence-corrected chi connectivity index (χ0v) is 6.11. The Bertz CT molecular complexity index is 236. The van der Waals surface area contributed by atoms with Gasteiger partial charge in [0, 0.05) is 6.42 Å². The molecule has 0 spiro atoms. The lowest BCUT2D eigenvalue weighted by molar-refractivity contribution is -0.115. The molecule has 11 heavy (non-hydrogen) atoms. The number of amides is 1. The van der Waals surface area contributed by atoms with Gasteiger partial charge in [0.1, 0.15) is 0 Å². The maximum atomic E-state index is 10.8. The molecule has 0 saturated carbocycles. The van der Waals surface area contributed by atoms with Crippen molar-refractivity contribution in [2.75, 3.05) is 5.32 Å². The van der Waals surface area contributed by atoms with Gasteiger partial charge in [0.15, 0.2) is 0 Å². The minimum Gasteiger partial charge on any atom is -0.293 e. The van der Waals surface area contributed by atoms with E-state index in [1.165, 1.54) is 12.4 Å². The summed E-state index contributed by atoms with van der Waals surface area (Å²) in [6.07, 6.45) is 3.33. The first-order valence-corrected chi connectivity index (χ1v) is 3.26. The molecule has 5 heteroatoms. The van der Waals surface area contributed by atoms with Gasteiger partial charge in [0.05, 0.1) is 12.4 Å². The van der Waals surface area contributed by atoms with Crippen LogP contribution in [0, 0.1) is 0 Å². The van der Waals surface area contributed by atoms with Crippen LogP contribution in [0.25, 0.3) is 0 Å². The highest BCUT2D eigenvalue weighted by atomic mass is 16.1. The molecule has 0 aliphatic carbocycles. The normalized spacial score (nSPS) is 9.18. The van der Waals surface area contributed by atoms with Crippen LogP contribution in [0.3, 0.4) is 0 Å². The van der Waals surface area contributed by atoms with Crippen LogP contribution in [0.4, 0.5) is 5.95 Å². The van der Waals surface area contributed by atoms with Crippen LogP contribution in [-0.4, -0.2) is 21.1 Å². The zero-order chi connectivity index (χ0) is 8.10. The maximum Gasteiger partial charge on any atom is 0.249 e. The number of carbonyl (C=O) groups excluding carboxylic acids is 1. The summed E-state index contributed by atoms with van der Waals surface area (Å²) < 4.78 is 0. The standard InChI is InChI=1S/C6H8N4O/c1-2-5(11)9-6-7-3-4-8-10-6/h3-4H,2H2,1H3,(H,7,9,10,11). The lowest BCUT2D eigenvalue weighted by Crippen LogP contribution is -2.12. The molecular formula is C6H8N4O. The van der Waals surface area contributed by atoms with Crippen LogP contribution in [-0.2, 0) is 4.79 Å². The molecule has 1 rings (SSSR count). The number of rotatable bonds is 2. The average Bonchev–Trinajstić information content (AvgIpc) is 2.06. The minimum atomic E-state index is -0.113. The zero-order valence-electron chi connectivity index (χ0n) is 6.11. The summed E-state index contributed by atoms with van der Waals surface area (Å²) in [5, 5.41) is 9.59. The van der Waals surface area contributed by atoms with Crippen LogP contribution in [0.15, 0.2) is 12.4 Å². The second-order valence-electron chi connectivity index (χ2n) is 1.87. The Morgan fingerprint density at radius 3 is 3.00 bits per heavy atom. The first kappa shape index (κ1) is 7.59. The third-order valence-electron chi connectivity index (χ3n) is 1.05. The van der Waals surface area contributed by atoms with E-state index in [1.807, 2.05) is 0 Å². The van der Waals surface area contributed by atoms with Crippen molar-refractivity contribution in [3.05, 3.63) is 12.4 Å². The van der Waals surface area contributed by atoms with Crippen molar-refractivity contribution in [1.82, 2.24) is 15.2 Å². The summed E-state index contributed by atoms with van der Waals surface area (Å²) in [7, 11) is 0. The third kappa shape index (κ3) is 2.29. The molecule has 0 atom stereocenters. The Balaban J connectivity index is 2.58. The van der Waals surface area contributed by atoms with Crippen LogP contribution < -0.4 is 5.32 Å². The Labute approximate surface area is 63.9 Å². The summed E-state index contributed by atoms with van der Waals surface area (Å²) in [6.45, 7) is 1.76. The molecule has 0 fully saturated rings. The number of nitrogens with one attached hydrogen (secondary N) is 1. The summed E-state index contributed by atoms with van der Waals surface area (Å²) in [5.41, 5.74) is 0. The highest BCUT2D eigenvalue weighted by molar-refractivity contribution is 5.88. The molecule has 1 N–H and O–H groups in total. The van der Waals surface area contributed by atoms with Gasteiger partial charge in [-0.05, 0) is 0 Å². The lowest BCUT2D eigenvalue weighted by atomic mass is 10.5. The van der Waals surface area contributed by atoms with Crippen LogP contribution in [0.1, 0.15) is 13.3 Å². The number of nitrogens with zero attached hydrogens (tertiary/aromatic N) is 3. The quantitative estimate of drug-likeness (QED) is 0.658. The van der Waals surface area contributed by atoms with Gasteiger partial charge in [-0.1, -0.05) is 6.92 Å². The van der Waals surface area contributed by atoms with Crippen molar-refractivity contribution < 1.29 is 4.79 Å². The van der Waals surface area contributed by atoms with Crippen LogP contribution in [0.2, 0.25) is 0 Å².